The lowest BCUT2D eigenvalue weighted by Crippen LogP contribution is -2.61. The molecule has 0 spiro atoms. The Kier molecular flexibility index (Phi) is 5.32. The molecule has 5 N–H and O–H groups in total. The number of carbonyl (C=O) groups excluding carboxylic acids is 1. The second-order valence-electron chi connectivity index (χ2n) is 7.31. The molecule has 1 aliphatic heterocycles. The molecule has 3 aromatic rings. The first kappa shape index (κ1) is 23.2. The SMILES string of the molecule is Nc1ccc(S(=O)(=O)NC2(C(F)(F)F)C(=O)Nc3c2c(=O)[nH]c(=O)n3Cc2cccnc2)cc1. The molecule has 0 radical (unpaired) electrons. The number of carbonyl (C=O) groups is 1. The molecular weight excluding hydrogens is 481 g/mol. The number of amides is 1. The first-order valence-electron chi connectivity index (χ1n) is 9.41. The molecule has 0 fully saturated rings. The van der Waals surface area contributed by atoms with Crippen LogP contribution in [0, 0.1) is 0 Å². The number of nitrogens with zero attached hydrogens (tertiary/aromatic N) is 2. The number of anilines is 2. The average Bonchev–Trinajstić information content (AvgIpc) is 3.05. The van der Waals surface area contributed by atoms with Gasteiger partial charge in [0.2, 0.25) is 15.6 Å². The third-order valence-electron chi connectivity index (χ3n) is 5.11. The highest BCUT2D eigenvalue weighted by Gasteiger charge is 2.69. The van der Waals surface area contributed by atoms with Crippen LogP contribution in [0.25, 0.3) is 0 Å². The van der Waals surface area contributed by atoms with Gasteiger partial charge in [0.05, 0.1) is 17.0 Å². The third-order valence-corrected chi connectivity index (χ3v) is 6.58. The molecule has 11 nitrogen and oxygen atoms in total. The first-order chi connectivity index (χ1) is 15.9. The number of H-pyrrole nitrogens is 1. The van der Waals surface area contributed by atoms with E-state index >= 15 is 0 Å². The number of nitrogens with one attached hydrogen (secondary N) is 3. The molecule has 0 aliphatic carbocycles. The van der Waals surface area contributed by atoms with Crippen molar-refractivity contribution in [2.24, 2.45) is 0 Å². The maximum absolute atomic E-state index is 14.4. The van der Waals surface area contributed by atoms with Gasteiger partial charge in [0, 0.05) is 18.1 Å². The number of fused-ring (bicyclic) bond motifs is 1. The Hall–Kier alpha value is -3.98. The highest BCUT2D eigenvalue weighted by molar-refractivity contribution is 7.89. The van der Waals surface area contributed by atoms with Crippen LogP contribution in [0.4, 0.5) is 24.7 Å². The average molecular weight is 496 g/mol. The second kappa shape index (κ2) is 7.81. The maximum atomic E-state index is 14.4. The van der Waals surface area contributed by atoms with Crippen LogP contribution in [0.3, 0.4) is 0 Å². The van der Waals surface area contributed by atoms with E-state index in [2.05, 4.69) is 4.98 Å². The van der Waals surface area contributed by atoms with E-state index in [0.29, 0.717) is 10.1 Å². The molecule has 0 saturated heterocycles. The Morgan fingerprint density at radius 1 is 1.12 bits per heavy atom. The molecule has 0 bridgehead atoms. The van der Waals surface area contributed by atoms with Gasteiger partial charge in [-0.25, -0.2) is 13.2 Å². The molecule has 0 saturated carbocycles. The summed E-state index contributed by atoms with van der Waals surface area (Å²) in [6.07, 6.45) is -2.87. The van der Waals surface area contributed by atoms with Gasteiger partial charge < -0.3 is 11.1 Å². The standard InChI is InChI=1S/C19H15F3N6O5S/c20-19(21,22)18(27-34(32,33)12-5-3-11(23)4-6-12)13-14(25-16(18)30)28(17(31)26-15(13)29)9-10-2-1-7-24-8-10/h1-8,27H,9,23H2,(H,25,30)(H,26,29,31). The smallest absolute Gasteiger partial charge is 0.399 e. The van der Waals surface area contributed by atoms with E-state index in [1.54, 1.807) is 4.98 Å². The number of rotatable bonds is 5. The summed E-state index contributed by atoms with van der Waals surface area (Å²) in [5, 5.41) is 1.87. The predicted molar refractivity (Wildman–Crippen MR) is 112 cm³/mol. The zero-order chi connectivity index (χ0) is 24.9. The van der Waals surface area contributed by atoms with E-state index in [4.69, 9.17) is 5.73 Å². The van der Waals surface area contributed by atoms with E-state index in [1.807, 2.05) is 5.32 Å². The number of hydrogen-bond donors (Lipinski definition) is 4. The second-order valence-corrected chi connectivity index (χ2v) is 8.99. The Morgan fingerprint density at radius 2 is 1.79 bits per heavy atom. The van der Waals surface area contributed by atoms with E-state index in [0.717, 1.165) is 24.3 Å². The third kappa shape index (κ3) is 3.63. The van der Waals surface area contributed by atoms with Crippen molar-refractivity contribution in [3.05, 3.63) is 80.8 Å². The fourth-order valence-corrected chi connectivity index (χ4v) is 4.85. The summed E-state index contributed by atoms with van der Waals surface area (Å²) in [4.78, 5) is 42.7. The van der Waals surface area contributed by atoms with Crippen molar-refractivity contribution in [2.45, 2.75) is 23.2 Å². The normalized spacial score (nSPS) is 17.9. The van der Waals surface area contributed by atoms with E-state index in [1.165, 1.54) is 29.2 Å². The molecule has 1 aliphatic rings. The van der Waals surface area contributed by atoms with Crippen molar-refractivity contribution in [3.63, 3.8) is 0 Å². The van der Waals surface area contributed by atoms with Crippen molar-refractivity contribution in [3.8, 4) is 0 Å². The Bertz CT molecular complexity index is 1500. The van der Waals surface area contributed by atoms with Crippen molar-refractivity contribution in [1.29, 1.82) is 0 Å². The molecule has 1 atom stereocenters. The fraction of sp³-hybridized carbons (Fsp3) is 0.158. The van der Waals surface area contributed by atoms with Crippen LogP contribution < -0.4 is 27.0 Å². The lowest BCUT2D eigenvalue weighted by Gasteiger charge is -2.29. The fourth-order valence-electron chi connectivity index (χ4n) is 3.52. The zero-order valence-corrected chi connectivity index (χ0v) is 17.7. The van der Waals surface area contributed by atoms with Gasteiger partial charge in [-0.1, -0.05) is 6.07 Å². The number of hydrogen-bond acceptors (Lipinski definition) is 7. The van der Waals surface area contributed by atoms with Gasteiger partial charge in [0.15, 0.2) is 0 Å². The van der Waals surface area contributed by atoms with Crippen molar-refractivity contribution in [1.82, 2.24) is 19.3 Å². The van der Waals surface area contributed by atoms with Crippen LogP contribution >= 0.6 is 0 Å². The highest BCUT2D eigenvalue weighted by Crippen LogP contribution is 2.45. The van der Waals surface area contributed by atoms with Gasteiger partial charge in [-0.2, -0.15) is 17.9 Å². The summed E-state index contributed by atoms with van der Waals surface area (Å²) >= 11 is 0. The van der Waals surface area contributed by atoms with Crippen molar-refractivity contribution in [2.75, 3.05) is 11.1 Å². The number of aromatic nitrogens is 3. The van der Waals surface area contributed by atoms with Crippen LogP contribution in [0.1, 0.15) is 11.1 Å². The number of nitrogen functional groups attached to an aromatic ring is 1. The number of pyridine rings is 1. The van der Waals surface area contributed by atoms with Gasteiger partial charge in [0.1, 0.15) is 5.82 Å². The predicted octanol–water partition coefficient (Wildman–Crippen LogP) is 0.250. The van der Waals surface area contributed by atoms with E-state index in [9.17, 15) is 36.0 Å². The lowest BCUT2D eigenvalue weighted by molar-refractivity contribution is -0.194. The maximum Gasteiger partial charge on any atom is 0.421 e. The van der Waals surface area contributed by atoms with Gasteiger partial charge in [-0.05, 0) is 35.9 Å². The molecule has 178 valence electrons. The van der Waals surface area contributed by atoms with Crippen LogP contribution in [0.2, 0.25) is 0 Å². The minimum absolute atomic E-state index is 0.143. The van der Waals surface area contributed by atoms with E-state index < -0.39 is 55.2 Å². The van der Waals surface area contributed by atoms with Gasteiger partial charge in [-0.15, -0.1) is 0 Å². The number of sulfonamides is 1. The summed E-state index contributed by atoms with van der Waals surface area (Å²) in [5.41, 5.74) is -2.04. The Morgan fingerprint density at radius 3 is 2.38 bits per heavy atom. The number of aromatic amines is 1. The summed E-state index contributed by atoms with van der Waals surface area (Å²) in [6.45, 7) is -0.370. The van der Waals surface area contributed by atoms with Gasteiger partial charge in [-0.3, -0.25) is 24.1 Å². The minimum Gasteiger partial charge on any atom is -0.399 e. The van der Waals surface area contributed by atoms with Crippen LogP contribution in [0.15, 0.2) is 63.3 Å². The molecule has 1 aromatic carbocycles. The number of halogens is 3. The first-order valence-corrected chi connectivity index (χ1v) is 10.9. The molecule has 34 heavy (non-hydrogen) atoms. The molecule has 1 amide bonds. The molecule has 4 rings (SSSR count). The quantitative estimate of drug-likeness (QED) is 0.367. The summed E-state index contributed by atoms with van der Waals surface area (Å²) in [5.74, 6) is -2.69. The van der Waals surface area contributed by atoms with Gasteiger partial charge in [0.25, 0.3) is 11.5 Å². The molecule has 2 aromatic heterocycles. The number of benzene rings is 1. The number of nitrogens with two attached hydrogens (primary N) is 1. The Balaban J connectivity index is 1.94. The largest absolute Gasteiger partial charge is 0.421 e. The van der Waals surface area contributed by atoms with Crippen molar-refractivity contribution >= 4 is 27.4 Å². The monoisotopic (exact) mass is 496 g/mol. The summed E-state index contributed by atoms with van der Waals surface area (Å²) in [6, 6.07) is 7.15. The zero-order valence-electron chi connectivity index (χ0n) is 16.9. The number of alkyl halides is 3. The Labute approximate surface area is 188 Å². The minimum atomic E-state index is -5.62. The van der Waals surface area contributed by atoms with Crippen LogP contribution in [-0.4, -0.2) is 35.0 Å². The van der Waals surface area contributed by atoms with Crippen LogP contribution in [0.5, 0.6) is 0 Å². The topological polar surface area (TPSA) is 169 Å². The van der Waals surface area contributed by atoms with Crippen molar-refractivity contribution < 1.29 is 26.4 Å². The molecule has 3 heterocycles. The summed E-state index contributed by atoms with van der Waals surface area (Å²) in [7, 11) is -5.01. The molecule has 1 unspecified atom stereocenters. The molecular formula is C19H15F3N6O5S. The lowest BCUT2D eigenvalue weighted by atomic mass is 9.93. The van der Waals surface area contributed by atoms with E-state index in [-0.39, 0.29) is 12.2 Å². The molecule has 15 heteroatoms. The summed E-state index contributed by atoms with van der Waals surface area (Å²) < 4.78 is 71.0. The van der Waals surface area contributed by atoms with Crippen LogP contribution in [-0.2, 0) is 26.9 Å². The highest BCUT2D eigenvalue weighted by atomic mass is 32.2. The van der Waals surface area contributed by atoms with Gasteiger partial charge >= 0.3 is 11.9 Å².